The molecule has 2 rings (SSSR count). The Bertz CT molecular complexity index is 729. The maximum Gasteiger partial charge on any atom is 0.307 e. The van der Waals surface area contributed by atoms with Gasteiger partial charge in [-0.1, -0.05) is 87.4 Å². The minimum absolute atomic E-state index is 0.0986. The lowest BCUT2D eigenvalue weighted by molar-refractivity contribution is -0.151. The molecule has 5 heteroatoms. The van der Waals surface area contributed by atoms with Crippen LogP contribution in [0.3, 0.4) is 0 Å². The zero-order valence-electron chi connectivity index (χ0n) is 18.0. The number of carboxylic acid groups (broad SMARTS) is 1. The molecule has 1 N–H and O–H groups in total. The normalized spacial score (nSPS) is 11.3. The average molecular weight is 412 g/mol. The summed E-state index contributed by atoms with van der Waals surface area (Å²) in [7, 11) is 0. The fourth-order valence-electron chi connectivity index (χ4n) is 3.55. The smallest absolute Gasteiger partial charge is 0.307 e. The highest BCUT2D eigenvalue weighted by Crippen LogP contribution is 2.37. The third-order valence-corrected chi connectivity index (χ3v) is 5.24. The van der Waals surface area contributed by atoms with Gasteiger partial charge in [-0.3, -0.25) is 9.59 Å². The van der Waals surface area contributed by atoms with Gasteiger partial charge in [-0.2, -0.15) is 0 Å². The van der Waals surface area contributed by atoms with Crippen LogP contribution in [0.5, 0.6) is 0 Å². The fraction of sp³-hybridized carbons (Fsp3) is 0.440. The number of hydrogen-bond donors (Lipinski definition) is 1. The second kappa shape index (κ2) is 12.1. The summed E-state index contributed by atoms with van der Waals surface area (Å²) in [5.41, 5.74) is 0.214. The fourth-order valence-corrected chi connectivity index (χ4v) is 3.55. The highest BCUT2D eigenvalue weighted by atomic mass is 16.5. The van der Waals surface area contributed by atoms with E-state index in [0.29, 0.717) is 13.1 Å². The lowest BCUT2D eigenvalue weighted by Crippen LogP contribution is -2.41. The van der Waals surface area contributed by atoms with Crippen LogP contribution in [0.25, 0.3) is 0 Å². The molecule has 0 atom stereocenters. The molecular formula is C25H33NO4. The third kappa shape index (κ3) is 6.42. The monoisotopic (exact) mass is 411 g/mol. The molecular weight excluding hydrogens is 378 g/mol. The van der Waals surface area contributed by atoms with E-state index in [0.717, 1.165) is 36.8 Å². The molecule has 0 saturated carbocycles. The lowest BCUT2D eigenvalue weighted by atomic mass is 9.83. The van der Waals surface area contributed by atoms with E-state index in [2.05, 4.69) is 13.8 Å². The van der Waals surface area contributed by atoms with Crippen molar-refractivity contribution in [3.05, 3.63) is 71.8 Å². The number of carbonyl (C=O) groups excluding carboxylic acids is 1. The number of rotatable bonds is 13. The number of ether oxygens (including phenoxy) is 1. The highest BCUT2D eigenvalue weighted by Gasteiger charge is 2.38. The van der Waals surface area contributed by atoms with Crippen LogP contribution in [0.4, 0.5) is 0 Å². The van der Waals surface area contributed by atoms with E-state index in [-0.39, 0.29) is 18.9 Å². The van der Waals surface area contributed by atoms with Gasteiger partial charge in [0.1, 0.15) is 12.2 Å². The van der Waals surface area contributed by atoms with Crippen LogP contribution in [-0.2, 0) is 19.9 Å². The average Bonchev–Trinajstić information content (AvgIpc) is 2.77. The van der Waals surface area contributed by atoms with Gasteiger partial charge in [0.05, 0.1) is 6.42 Å². The Hall–Kier alpha value is -2.66. The zero-order chi connectivity index (χ0) is 21.8. The van der Waals surface area contributed by atoms with Gasteiger partial charge in [-0.15, -0.1) is 0 Å². The SMILES string of the molecule is CCCCN(CCCC)C(=O)COC(CC(=O)O)(c1ccccc1)c1ccccc1. The largest absolute Gasteiger partial charge is 0.481 e. The lowest BCUT2D eigenvalue weighted by Gasteiger charge is -2.34. The van der Waals surface area contributed by atoms with Crippen molar-refractivity contribution in [3.8, 4) is 0 Å². The molecule has 1 amide bonds. The molecule has 162 valence electrons. The van der Waals surface area contributed by atoms with Crippen molar-refractivity contribution in [1.82, 2.24) is 4.90 Å². The molecule has 2 aromatic rings. The minimum Gasteiger partial charge on any atom is -0.481 e. The van der Waals surface area contributed by atoms with Crippen molar-refractivity contribution in [2.45, 2.75) is 51.6 Å². The summed E-state index contributed by atoms with van der Waals surface area (Å²) in [6.07, 6.45) is 3.62. The van der Waals surface area contributed by atoms with Crippen molar-refractivity contribution in [1.29, 1.82) is 0 Å². The summed E-state index contributed by atoms with van der Waals surface area (Å²) in [6, 6.07) is 18.6. The third-order valence-electron chi connectivity index (χ3n) is 5.24. The maximum absolute atomic E-state index is 13.0. The molecule has 0 aromatic heterocycles. The molecule has 0 heterocycles. The Morgan fingerprint density at radius 3 is 1.73 bits per heavy atom. The summed E-state index contributed by atoms with van der Waals surface area (Å²) in [5.74, 6) is -1.08. The predicted octanol–water partition coefficient (Wildman–Crippen LogP) is 4.85. The molecule has 0 aliphatic carbocycles. The first kappa shape index (κ1) is 23.6. The van der Waals surface area contributed by atoms with E-state index in [9.17, 15) is 14.7 Å². The van der Waals surface area contributed by atoms with Crippen molar-refractivity contribution in [2.75, 3.05) is 19.7 Å². The molecule has 5 nitrogen and oxygen atoms in total. The zero-order valence-corrected chi connectivity index (χ0v) is 18.0. The second-order valence-electron chi connectivity index (χ2n) is 7.51. The summed E-state index contributed by atoms with van der Waals surface area (Å²) >= 11 is 0. The number of aliphatic carboxylic acids is 1. The molecule has 0 bridgehead atoms. The van der Waals surface area contributed by atoms with E-state index in [1.54, 1.807) is 0 Å². The molecule has 0 aliphatic heterocycles. The van der Waals surface area contributed by atoms with Gasteiger partial charge >= 0.3 is 5.97 Å². The number of carboxylic acids is 1. The summed E-state index contributed by atoms with van der Waals surface area (Å²) < 4.78 is 6.24. The van der Waals surface area contributed by atoms with E-state index in [1.807, 2.05) is 65.6 Å². The molecule has 2 aromatic carbocycles. The van der Waals surface area contributed by atoms with Gasteiger partial charge in [-0.05, 0) is 24.0 Å². The number of benzene rings is 2. The number of nitrogens with zero attached hydrogens (tertiary/aromatic N) is 1. The van der Waals surface area contributed by atoms with Crippen molar-refractivity contribution < 1.29 is 19.4 Å². The minimum atomic E-state index is -1.23. The highest BCUT2D eigenvalue weighted by molar-refractivity contribution is 5.78. The van der Waals surface area contributed by atoms with Crippen LogP contribution in [0.1, 0.15) is 57.1 Å². The van der Waals surface area contributed by atoms with Crippen LogP contribution in [0, 0.1) is 0 Å². The van der Waals surface area contributed by atoms with E-state index in [4.69, 9.17) is 4.74 Å². The number of unbranched alkanes of at least 4 members (excludes halogenated alkanes) is 2. The second-order valence-corrected chi connectivity index (χ2v) is 7.51. The van der Waals surface area contributed by atoms with Gasteiger partial charge < -0.3 is 14.7 Å². The van der Waals surface area contributed by atoms with Crippen LogP contribution >= 0.6 is 0 Å². The standard InChI is InChI=1S/C25H33NO4/c1-3-5-17-26(18-6-4-2)23(27)20-30-25(19-24(28)29,21-13-9-7-10-14-21)22-15-11-8-12-16-22/h7-16H,3-6,17-20H2,1-2H3,(H,28,29). The Kier molecular flexibility index (Phi) is 9.55. The number of amides is 1. The molecule has 0 spiro atoms. The summed E-state index contributed by atoms with van der Waals surface area (Å²) in [4.78, 5) is 26.7. The Morgan fingerprint density at radius 1 is 0.867 bits per heavy atom. The molecule has 0 saturated heterocycles. The maximum atomic E-state index is 13.0. The molecule has 0 fully saturated rings. The van der Waals surface area contributed by atoms with Crippen LogP contribution in [0.15, 0.2) is 60.7 Å². The Morgan fingerprint density at radius 2 is 1.33 bits per heavy atom. The van der Waals surface area contributed by atoms with E-state index < -0.39 is 11.6 Å². The van der Waals surface area contributed by atoms with Crippen molar-refractivity contribution in [2.24, 2.45) is 0 Å². The summed E-state index contributed by atoms with van der Waals surface area (Å²) in [5, 5.41) is 9.70. The Balaban J connectivity index is 2.34. The van der Waals surface area contributed by atoms with Gasteiger partial charge in [-0.25, -0.2) is 0 Å². The first-order valence-electron chi connectivity index (χ1n) is 10.8. The molecule has 0 unspecified atom stereocenters. The van der Waals surface area contributed by atoms with E-state index >= 15 is 0 Å². The van der Waals surface area contributed by atoms with E-state index in [1.165, 1.54) is 0 Å². The van der Waals surface area contributed by atoms with Crippen LogP contribution in [-0.4, -0.2) is 41.6 Å². The number of hydrogen-bond acceptors (Lipinski definition) is 3. The Labute approximate surface area is 179 Å². The van der Waals surface area contributed by atoms with Crippen LogP contribution < -0.4 is 0 Å². The van der Waals surface area contributed by atoms with Gasteiger partial charge in [0.2, 0.25) is 5.91 Å². The van der Waals surface area contributed by atoms with Gasteiger partial charge in [0.15, 0.2) is 0 Å². The summed E-state index contributed by atoms with van der Waals surface area (Å²) in [6.45, 7) is 5.43. The van der Waals surface area contributed by atoms with Gasteiger partial charge in [0, 0.05) is 13.1 Å². The predicted molar refractivity (Wildman–Crippen MR) is 118 cm³/mol. The van der Waals surface area contributed by atoms with Crippen molar-refractivity contribution in [3.63, 3.8) is 0 Å². The van der Waals surface area contributed by atoms with Gasteiger partial charge in [0.25, 0.3) is 0 Å². The van der Waals surface area contributed by atoms with Crippen molar-refractivity contribution >= 4 is 11.9 Å². The van der Waals surface area contributed by atoms with Crippen LogP contribution in [0.2, 0.25) is 0 Å². The quantitative estimate of drug-likeness (QED) is 0.512. The first-order valence-corrected chi connectivity index (χ1v) is 10.8. The molecule has 30 heavy (non-hydrogen) atoms. The topological polar surface area (TPSA) is 66.8 Å². The number of carbonyl (C=O) groups is 2. The molecule has 0 radical (unpaired) electrons. The first-order chi connectivity index (χ1) is 14.5. The molecule has 0 aliphatic rings.